The van der Waals surface area contributed by atoms with Crippen LogP contribution in [0.2, 0.25) is 5.02 Å². The Labute approximate surface area is 260 Å². The zero-order chi connectivity index (χ0) is 31.1. The summed E-state index contributed by atoms with van der Waals surface area (Å²) in [5, 5.41) is 3.41. The van der Waals surface area contributed by atoms with Crippen LogP contribution in [0.4, 0.5) is 5.69 Å². The van der Waals surface area contributed by atoms with Crippen LogP contribution in [0.3, 0.4) is 0 Å². The van der Waals surface area contributed by atoms with Gasteiger partial charge in [0.1, 0.15) is 18.3 Å². The first-order valence-electron chi connectivity index (χ1n) is 14.6. The molecule has 0 saturated heterocycles. The summed E-state index contributed by atoms with van der Waals surface area (Å²) in [5.41, 5.74) is 2.92. The second kappa shape index (κ2) is 14.3. The van der Waals surface area contributed by atoms with Crippen molar-refractivity contribution in [2.75, 3.05) is 18.0 Å². The van der Waals surface area contributed by atoms with E-state index in [0.717, 1.165) is 46.7 Å². The van der Waals surface area contributed by atoms with Crippen LogP contribution < -0.4 is 14.4 Å². The quantitative estimate of drug-likeness (QED) is 0.265. The Morgan fingerprint density at radius 3 is 2.16 bits per heavy atom. The highest BCUT2D eigenvalue weighted by molar-refractivity contribution is 7.92. The number of hydrogen-bond acceptors (Lipinski definition) is 5. The van der Waals surface area contributed by atoms with Crippen LogP contribution in [0.1, 0.15) is 55.7 Å². The molecule has 10 heteroatoms. The second-order valence-electron chi connectivity index (χ2n) is 11.1. The molecule has 0 unspecified atom stereocenters. The second-order valence-corrected chi connectivity index (χ2v) is 13.4. The molecular formula is C33H40ClN3O5S. The van der Waals surface area contributed by atoms with Crippen molar-refractivity contribution in [3.8, 4) is 5.75 Å². The van der Waals surface area contributed by atoms with Gasteiger partial charge in [-0.15, -0.1) is 0 Å². The number of carbonyl (C=O) groups is 2. The number of anilines is 1. The maximum atomic E-state index is 14.3. The molecule has 1 aliphatic rings. The van der Waals surface area contributed by atoms with Gasteiger partial charge in [0.05, 0.1) is 17.7 Å². The molecule has 0 heterocycles. The van der Waals surface area contributed by atoms with E-state index in [2.05, 4.69) is 5.32 Å². The van der Waals surface area contributed by atoms with Crippen LogP contribution in [-0.4, -0.2) is 50.9 Å². The first-order valence-corrected chi connectivity index (χ1v) is 16.4. The minimum absolute atomic E-state index is 0.0176. The van der Waals surface area contributed by atoms with Crippen LogP contribution in [0, 0.1) is 13.8 Å². The number of sulfonamides is 1. The predicted molar refractivity (Wildman–Crippen MR) is 170 cm³/mol. The fourth-order valence-corrected chi connectivity index (χ4v) is 6.97. The van der Waals surface area contributed by atoms with E-state index in [-0.39, 0.29) is 39.8 Å². The zero-order valence-electron chi connectivity index (χ0n) is 25.2. The number of methoxy groups -OCH3 is 1. The number of rotatable bonds is 12. The molecule has 230 valence electrons. The average Bonchev–Trinajstić information content (AvgIpc) is 3.50. The third-order valence-electron chi connectivity index (χ3n) is 7.86. The minimum atomic E-state index is -4.25. The minimum Gasteiger partial charge on any atom is -0.495 e. The van der Waals surface area contributed by atoms with E-state index in [0.29, 0.717) is 6.42 Å². The summed E-state index contributed by atoms with van der Waals surface area (Å²) in [6.45, 7) is 5.27. The first-order chi connectivity index (χ1) is 20.5. The molecule has 1 N–H and O–H groups in total. The van der Waals surface area contributed by atoms with Gasteiger partial charge >= 0.3 is 0 Å². The van der Waals surface area contributed by atoms with Crippen molar-refractivity contribution in [2.24, 2.45) is 0 Å². The van der Waals surface area contributed by atoms with Gasteiger partial charge in [0.15, 0.2) is 0 Å². The largest absolute Gasteiger partial charge is 0.495 e. The van der Waals surface area contributed by atoms with E-state index in [1.54, 1.807) is 24.3 Å². The number of nitrogens with zero attached hydrogens (tertiary/aromatic N) is 2. The number of amides is 2. The van der Waals surface area contributed by atoms with Crippen molar-refractivity contribution in [1.29, 1.82) is 0 Å². The lowest BCUT2D eigenvalue weighted by Crippen LogP contribution is -2.53. The summed E-state index contributed by atoms with van der Waals surface area (Å²) >= 11 is 6.32. The molecule has 0 bridgehead atoms. The Balaban J connectivity index is 1.76. The topological polar surface area (TPSA) is 96.0 Å². The van der Waals surface area contributed by atoms with Crippen molar-refractivity contribution in [2.45, 2.75) is 76.4 Å². The maximum Gasteiger partial charge on any atom is 0.264 e. The smallest absolute Gasteiger partial charge is 0.264 e. The average molecular weight is 626 g/mol. The number of nitrogens with one attached hydrogen (secondary N) is 1. The van der Waals surface area contributed by atoms with Gasteiger partial charge in [-0.05, 0) is 69.0 Å². The summed E-state index contributed by atoms with van der Waals surface area (Å²) in [5.74, 6) is -0.515. The van der Waals surface area contributed by atoms with E-state index in [9.17, 15) is 18.0 Å². The van der Waals surface area contributed by atoms with Gasteiger partial charge in [0, 0.05) is 17.6 Å². The van der Waals surface area contributed by atoms with Gasteiger partial charge in [-0.3, -0.25) is 13.9 Å². The molecule has 8 nitrogen and oxygen atoms in total. The molecule has 0 aromatic heterocycles. The van der Waals surface area contributed by atoms with Gasteiger partial charge in [0.2, 0.25) is 11.8 Å². The lowest BCUT2D eigenvalue weighted by atomic mass is 10.1. The van der Waals surface area contributed by atoms with Crippen molar-refractivity contribution < 1.29 is 22.7 Å². The number of ether oxygens (including phenoxy) is 1. The van der Waals surface area contributed by atoms with Crippen LogP contribution in [0.25, 0.3) is 0 Å². The molecule has 4 rings (SSSR count). The highest BCUT2D eigenvalue weighted by atomic mass is 35.5. The fourth-order valence-electron chi connectivity index (χ4n) is 5.39. The third-order valence-corrected chi connectivity index (χ3v) is 9.87. The van der Waals surface area contributed by atoms with Crippen LogP contribution in [0.5, 0.6) is 5.75 Å². The lowest BCUT2D eigenvalue weighted by Gasteiger charge is -2.34. The molecule has 0 aliphatic heterocycles. The summed E-state index contributed by atoms with van der Waals surface area (Å²) in [7, 11) is -2.83. The Kier molecular flexibility index (Phi) is 10.7. The van der Waals surface area contributed by atoms with Gasteiger partial charge in [-0.2, -0.15) is 0 Å². The van der Waals surface area contributed by atoms with Gasteiger partial charge in [-0.1, -0.05) is 78.9 Å². The first kappa shape index (κ1) is 32.4. The molecule has 3 aromatic rings. The summed E-state index contributed by atoms with van der Waals surface area (Å²) in [6.07, 6.45) is 4.29. The normalized spacial score (nSPS) is 14.3. The van der Waals surface area contributed by atoms with Crippen molar-refractivity contribution >= 4 is 39.1 Å². The van der Waals surface area contributed by atoms with E-state index in [1.807, 2.05) is 45.0 Å². The molecule has 0 spiro atoms. The van der Waals surface area contributed by atoms with E-state index >= 15 is 0 Å². The van der Waals surface area contributed by atoms with Crippen LogP contribution in [0.15, 0.2) is 71.6 Å². The fraction of sp³-hybridized carbons (Fsp3) is 0.394. The van der Waals surface area contributed by atoms with Gasteiger partial charge in [-0.25, -0.2) is 8.42 Å². The molecule has 2 amide bonds. The van der Waals surface area contributed by atoms with Crippen molar-refractivity contribution in [1.82, 2.24) is 10.2 Å². The predicted octanol–water partition coefficient (Wildman–Crippen LogP) is 6.03. The summed E-state index contributed by atoms with van der Waals surface area (Å²) in [6, 6.07) is 18.0. The molecule has 3 aromatic carbocycles. The third kappa shape index (κ3) is 7.89. The Morgan fingerprint density at radius 1 is 0.977 bits per heavy atom. The Morgan fingerprint density at radius 2 is 1.58 bits per heavy atom. The Bertz CT molecular complexity index is 1520. The summed E-state index contributed by atoms with van der Waals surface area (Å²) in [4.78, 5) is 29.4. The highest BCUT2D eigenvalue weighted by Gasteiger charge is 2.35. The number of benzene rings is 3. The molecule has 43 heavy (non-hydrogen) atoms. The van der Waals surface area contributed by atoms with E-state index in [4.69, 9.17) is 16.3 Å². The molecule has 1 atom stereocenters. The molecule has 1 saturated carbocycles. The number of aryl methyl sites for hydroxylation is 2. The number of carbonyl (C=O) groups excluding carboxylic acids is 2. The SMILES string of the molecule is CC[C@H](C(=O)NC1CCCC1)N(Cc1ccc(C)cc1)C(=O)CN(c1cc(Cl)ccc1OC)S(=O)(=O)c1ccc(C)cc1. The lowest BCUT2D eigenvalue weighted by molar-refractivity contribution is -0.140. The number of halogens is 1. The standard InChI is InChI=1S/C33H40ClN3O5S/c1-5-29(33(39)35-27-8-6-7-9-27)36(21-25-14-10-23(2)11-15-25)32(38)22-37(30-20-26(34)16-19-31(30)42-4)43(40,41)28-17-12-24(3)13-18-28/h10-20,27,29H,5-9,21-22H2,1-4H3,(H,35,39)/t29-/m1/s1. The number of hydrogen-bond donors (Lipinski definition) is 1. The molecule has 0 radical (unpaired) electrons. The van der Waals surface area contributed by atoms with Crippen LogP contribution in [-0.2, 0) is 26.2 Å². The van der Waals surface area contributed by atoms with Gasteiger partial charge in [0.25, 0.3) is 10.0 Å². The molecule has 1 aliphatic carbocycles. The molecule has 1 fully saturated rings. The maximum absolute atomic E-state index is 14.3. The Hall–Kier alpha value is -3.56. The van der Waals surface area contributed by atoms with E-state index in [1.165, 1.54) is 30.2 Å². The van der Waals surface area contributed by atoms with Gasteiger partial charge < -0.3 is 15.0 Å². The van der Waals surface area contributed by atoms with E-state index < -0.39 is 28.5 Å². The zero-order valence-corrected chi connectivity index (χ0v) is 26.7. The molecular weight excluding hydrogens is 586 g/mol. The highest BCUT2D eigenvalue weighted by Crippen LogP contribution is 2.35. The monoisotopic (exact) mass is 625 g/mol. The van der Waals surface area contributed by atoms with Crippen molar-refractivity contribution in [3.05, 3.63) is 88.4 Å². The van der Waals surface area contributed by atoms with Crippen molar-refractivity contribution in [3.63, 3.8) is 0 Å². The van der Waals surface area contributed by atoms with Crippen LogP contribution >= 0.6 is 11.6 Å². The summed E-state index contributed by atoms with van der Waals surface area (Å²) < 4.78 is 34.8.